The van der Waals surface area contributed by atoms with E-state index in [2.05, 4.69) is 15.6 Å². The molecule has 3 aromatic carbocycles. The number of halogens is 1. The topological polar surface area (TPSA) is 67.2 Å². The summed E-state index contributed by atoms with van der Waals surface area (Å²) in [5.74, 6) is 0.578. The Kier molecular flexibility index (Phi) is 6.56. The largest absolute Gasteiger partial charge is 0.436 e. The lowest BCUT2D eigenvalue weighted by molar-refractivity contribution is -0.117. The maximum absolute atomic E-state index is 12.2. The molecule has 0 aliphatic heterocycles. The molecule has 0 radical (unpaired) electrons. The normalized spacial score (nSPS) is 10.8. The van der Waals surface area contributed by atoms with Crippen LogP contribution in [0, 0.1) is 6.92 Å². The fourth-order valence-corrected chi connectivity index (χ4v) is 3.93. The van der Waals surface area contributed by atoms with Crippen LogP contribution in [-0.2, 0) is 4.79 Å². The number of thioether (sulfide) groups is 1. The number of carbonyl (C=O) groups excluding carboxylic acids is 1. The quantitative estimate of drug-likeness (QED) is 0.274. The summed E-state index contributed by atoms with van der Waals surface area (Å²) >= 11 is 12.6. The van der Waals surface area contributed by atoms with Crippen molar-refractivity contribution in [3.8, 4) is 11.5 Å². The molecule has 0 atom stereocenters. The Balaban J connectivity index is 1.40. The number of benzene rings is 3. The first-order chi connectivity index (χ1) is 15.0. The predicted octanol–water partition coefficient (Wildman–Crippen LogP) is 6.06. The highest BCUT2D eigenvalue weighted by atomic mass is 35.5. The minimum atomic E-state index is -0.190. The van der Waals surface area contributed by atoms with Crippen molar-refractivity contribution in [1.29, 1.82) is 0 Å². The van der Waals surface area contributed by atoms with Gasteiger partial charge in [0.15, 0.2) is 10.7 Å². The maximum Gasteiger partial charge on any atom is 0.236 e. The highest BCUT2D eigenvalue weighted by Crippen LogP contribution is 2.28. The Bertz CT molecular complexity index is 1220. The molecule has 0 bridgehead atoms. The number of hydrogen-bond acceptors (Lipinski definition) is 5. The smallest absolute Gasteiger partial charge is 0.236 e. The summed E-state index contributed by atoms with van der Waals surface area (Å²) in [5, 5.41) is 6.70. The molecule has 5 nitrogen and oxygen atoms in total. The minimum Gasteiger partial charge on any atom is -0.436 e. The van der Waals surface area contributed by atoms with Crippen LogP contribution in [0.2, 0.25) is 5.02 Å². The first-order valence-corrected chi connectivity index (χ1v) is 11.2. The number of aromatic nitrogens is 1. The van der Waals surface area contributed by atoms with Gasteiger partial charge in [-0.3, -0.25) is 4.79 Å². The second-order valence-electron chi connectivity index (χ2n) is 6.76. The number of nitrogens with zero attached hydrogens (tertiary/aromatic N) is 1. The third-order valence-corrected chi connectivity index (χ3v) is 5.93. The molecule has 0 fully saturated rings. The minimum absolute atomic E-state index is 0.190. The van der Waals surface area contributed by atoms with Crippen molar-refractivity contribution in [2.24, 2.45) is 0 Å². The SMILES string of the molecule is Cc1ccc(-c2nc3ccccc3o2)cc1NC(=S)NC(=O)CSc1ccc(Cl)cc1. The molecule has 1 aromatic heterocycles. The van der Waals surface area contributed by atoms with Gasteiger partial charge in [-0.25, -0.2) is 4.98 Å². The molecule has 4 aromatic rings. The summed E-state index contributed by atoms with van der Waals surface area (Å²) in [4.78, 5) is 17.7. The number of nitrogens with one attached hydrogen (secondary N) is 2. The molecule has 2 N–H and O–H groups in total. The van der Waals surface area contributed by atoms with Crippen LogP contribution in [0.15, 0.2) is 76.0 Å². The molecule has 0 aliphatic carbocycles. The van der Waals surface area contributed by atoms with Crippen molar-refractivity contribution >= 4 is 63.4 Å². The Morgan fingerprint density at radius 1 is 1.13 bits per heavy atom. The van der Waals surface area contributed by atoms with Gasteiger partial charge in [-0.1, -0.05) is 29.8 Å². The molecule has 0 spiro atoms. The third-order valence-electron chi connectivity index (χ3n) is 4.46. The number of para-hydroxylation sites is 2. The fraction of sp³-hybridized carbons (Fsp3) is 0.0870. The number of fused-ring (bicyclic) bond motifs is 1. The molecule has 0 aliphatic rings. The van der Waals surface area contributed by atoms with E-state index >= 15 is 0 Å². The van der Waals surface area contributed by atoms with E-state index < -0.39 is 0 Å². The van der Waals surface area contributed by atoms with E-state index in [0.29, 0.717) is 10.9 Å². The molecule has 156 valence electrons. The molecule has 4 rings (SSSR count). The van der Waals surface area contributed by atoms with Gasteiger partial charge < -0.3 is 15.1 Å². The maximum atomic E-state index is 12.2. The Hall–Kier alpha value is -2.87. The van der Waals surface area contributed by atoms with Crippen LogP contribution in [0.25, 0.3) is 22.6 Å². The summed E-state index contributed by atoms with van der Waals surface area (Å²) < 4.78 is 5.85. The highest BCUT2D eigenvalue weighted by molar-refractivity contribution is 8.00. The predicted molar refractivity (Wildman–Crippen MR) is 131 cm³/mol. The summed E-state index contributed by atoms with van der Waals surface area (Å²) in [7, 11) is 0. The molecule has 8 heteroatoms. The average molecular weight is 468 g/mol. The molecular weight excluding hydrogens is 450 g/mol. The number of anilines is 1. The summed E-state index contributed by atoms with van der Waals surface area (Å²) in [5.41, 5.74) is 4.10. The molecule has 31 heavy (non-hydrogen) atoms. The van der Waals surface area contributed by atoms with Gasteiger partial charge >= 0.3 is 0 Å². The number of hydrogen-bond donors (Lipinski definition) is 2. The van der Waals surface area contributed by atoms with Gasteiger partial charge in [0.2, 0.25) is 11.8 Å². The van der Waals surface area contributed by atoms with E-state index in [-0.39, 0.29) is 16.8 Å². The van der Waals surface area contributed by atoms with Gasteiger partial charge in [0.1, 0.15) is 5.52 Å². The molecule has 0 unspecified atom stereocenters. The van der Waals surface area contributed by atoms with Gasteiger partial charge in [-0.05, 0) is 73.2 Å². The van der Waals surface area contributed by atoms with E-state index in [4.69, 9.17) is 28.2 Å². The third kappa shape index (κ3) is 5.44. The van der Waals surface area contributed by atoms with Crippen molar-refractivity contribution in [3.63, 3.8) is 0 Å². The number of thiocarbonyl (C=S) groups is 1. The van der Waals surface area contributed by atoms with E-state index in [1.165, 1.54) is 11.8 Å². The van der Waals surface area contributed by atoms with Crippen molar-refractivity contribution < 1.29 is 9.21 Å². The van der Waals surface area contributed by atoms with Crippen molar-refractivity contribution in [1.82, 2.24) is 10.3 Å². The summed E-state index contributed by atoms with van der Waals surface area (Å²) in [6.45, 7) is 1.96. The van der Waals surface area contributed by atoms with Gasteiger partial charge in [0, 0.05) is 21.2 Å². The number of oxazole rings is 1. The van der Waals surface area contributed by atoms with Crippen LogP contribution in [0.5, 0.6) is 0 Å². The van der Waals surface area contributed by atoms with Crippen LogP contribution >= 0.6 is 35.6 Å². The Labute approximate surface area is 194 Å². The lowest BCUT2D eigenvalue weighted by Crippen LogP contribution is -2.35. The first-order valence-electron chi connectivity index (χ1n) is 9.44. The zero-order valence-electron chi connectivity index (χ0n) is 16.5. The number of rotatable bonds is 5. The second-order valence-corrected chi connectivity index (χ2v) is 8.65. The van der Waals surface area contributed by atoms with E-state index in [0.717, 1.165) is 32.8 Å². The van der Waals surface area contributed by atoms with Crippen LogP contribution in [-0.4, -0.2) is 21.8 Å². The average Bonchev–Trinajstić information content (AvgIpc) is 3.19. The van der Waals surface area contributed by atoms with Crippen molar-refractivity contribution in [2.45, 2.75) is 11.8 Å². The highest BCUT2D eigenvalue weighted by Gasteiger charge is 2.12. The van der Waals surface area contributed by atoms with Crippen LogP contribution < -0.4 is 10.6 Å². The lowest BCUT2D eigenvalue weighted by atomic mass is 10.1. The molecule has 0 saturated carbocycles. The van der Waals surface area contributed by atoms with Crippen molar-refractivity contribution in [3.05, 3.63) is 77.3 Å². The Morgan fingerprint density at radius 2 is 1.90 bits per heavy atom. The van der Waals surface area contributed by atoms with E-state index in [1.54, 1.807) is 12.1 Å². The lowest BCUT2D eigenvalue weighted by Gasteiger charge is -2.12. The molecule has 0 saturated heterocycles. The van der Waals surface area contributed by atoms with Crippen LogP contribution in [0.3, 0.4) is 0 Å². The van der Waals surface area contributed by atoms with Crippen molar-refractivity contribution in [2.75, 3.05) is 11.1 Å². The van der Waals surface area contributed by atoms with Gasteiger partial charge in [0.05, 0.1) is 5.75 Å². The first kappa shape index (κ1) is 21.4. The van der Waals surface area contributed by atoms with Crippen LogP contribution in [0.1, 0.15) is 5.56 Å². The molecule has 1 heterocycles. The molecular formula is C23H18ClN3O2S2. The second kappa shape index (κ2) is 9.51. The fourth-order valence-electron chi connectivity index (χ4n) is 2.88. The van der Waals surface area contributed by atoms with E-state index in [9.17, 15) is 4.79 Å². The van der Waals surface area contributed by atoms with E-state index in [1.807, 2.05) is 61.5 Å². The summed E-state index contributed by atoms with van der Waals surface area (Å²) in [6.07, 6.45) is 0. The molecule has 1 amide bonds. The van der Waals surface area contributed by atoms with Gasteiger partial charge in [0.25, 0.3) is 0 Å². The monoisotopic (exact) mass is 467 g/mol. The van der Waals surface area contributed by atoms with Gasteiger partial charge in [-0.2, -0.15) is 0 Å². The summed E-state index contributed by atoms with van der Waals surface area (Å²) in [6, 6.07) is 20.7. The van der Waals surface area contributed by atoms with Gasteiger partial charge in [-0.15, -0.1) is 11.8 Å². The zero-order chi connectivity index (χ0) is 21.8. The van der Waals surface area contributed by atoms with Crippen LogP contribution in [0.4, 0.5) is 5.69 Å². The number of aryl methyl sites for hydroxylation is 1. The number of amides is 1. The Morgan fingerprint density at radius 3 is 2.68 bits per heavy atom. The zero-order valence-corrected chi connectivity index (χ0v) is 18.9. The number of carbonyl (C=O) groups is 1. The standard InChI is InChI=1S/C23H18ClN3O2S2/c1-14-6-7-15(22-25-18-4-2-3-5-20(18)29-22)12-19(14)26-23(30)27-21(28)13-31-17-10-8-16(24)9-11-17/h2-12H,13H2,1H3,(H2,26,27,28,30).